The predicted octanol–water partition coefficient (Wildman–Crippen LogP) is 4.06. The van der Waals surface area contributed by atoms with E-state index in [1.165, 1.54) is 0 Å². The molecular weight excluding hydrogens is 444 g/mol. The molecule has 1 aliphatic rings. The lowest BCUT2D eigenvalue weighted by Crippen LogP contribution is -2.36. The average Bonchev–Trinajstić information content (AvgIpc) is 3.28. The molecule has 1 fully saturated rings. The second-order valence-corrected chi connectivity index (χ2v) is 8.41. The van der Waals surface area contributed by atoms with Crippen LogP contribution >= 0.6 is 0 Å². The van der Waals surface area contributed by atoms with Crippen LogP contribution in [0, 0.1) is 18.4 Å². The highest BCUT2D eigenvalue weighted by Gasteiger charge is 2.21. The molecule has 0 aliphatic carbocycles. The number of aryl methyl sites for hydroxylation is 1. The molecule has 176 valence electrons. The fourth-order valence-corrected chi connectivity index (χ4v) is 4.02. The number of aromatic amines is 1. The van der Waals surface area contributed by atoms with Crippen molar-refractivity contribution in [1.29, 1.82) is 5.26 Å². The normalized spacial score (nSPS) is 13.9. The van der Waals surface area contributed by atoms with Crippen LogP contribution in [0.5, 0.6) is 11.5 Å². The zero-order chi connectivity index (χ0) is 24.2. The highest BCUT2D eigenvalue weighted by Crippen LogP contribution is 2.33. The van der Waals surface area contributed by atoms with Gasteiger partial charge in [0, 0.05) is 43.2 Å². The highest BCUT2D eigenvalue weighted by atomic mass is 16.5. The molecule has 1 saturated heterocycles. The van der Waals surface area contributed by atoms with Gasteiger partial charge in [-0.1, -0.05) is 0 Å². The van der Waals surface area contributed by atoms with Crippen LogP contribution in [-0.4, -0.2) is 50.1 Å². The van der Waals surface area contributed by atoms with Crippen LogP contribution in [0.15, 0.2) is 54.9 Å². The van der Waals surface area contributed by atoms with Crippen LogP contribution in [0.1, 0.15) is 28.8 Å². The van der Waals surface area contributed by atoms with Crippen molar-refractivity contribution in [1.82, 2.24) is 25.1 Å². The zero-order valence-electron chi connectivity index (χ0n) is 19.2. The van der Waals surface area contributed by atoms with E-state index < -0.39 is 0 Å². The van der Waals surface area contributed by atoms with Gasteiger partial charge in [0.2, 0.25) is 0 Å². The number of H-pyrrole nitrogens is 1. The number of likely N-dealkylation sites (tertiary alicyclic amines) is 1. The van der Waals surface area contributed by atoms with Gasteiger partial charge in [-0.25, -0.2) is 9.97 Å². The fourth-order valence-electron chi connectivity index (χ4n) is 4.02. The number of hydrogen-bond donors (Lipinski definition) is 3. The first-order valence-electron chi connectivity index (χ1n) is 11.4. The smallest absolute Gasteiger partial charge is 0.256 e. The third-order valence-corrected chi connectivity index (χ3v) is 5.90. The number of benzene rings is 1. The molecule has 4 aromatic rings. The molecule has 3 N–H and O–H groups in total. The van der Waals surface area contributed by atoms with Crippen LogP contribution in [-0.2, 0) is 0 Å². The van der Waals surface area contributed by atoms with Gasteiger partial charge in [0.15, 0.2) is 17.7 Å². The summed E-state index contributed by atoms with van der Waals surface area (Å²) >= 11 is 0. The summed E-state index contributed by atoms with van der Waals surface area (Å²) in [6.07, 6.45) is 7.21. The van der Waals surface area contributed by atoms with Crippen LogP contribution < -0.4 is 15.4 Å². The van der Waals surface area contributed by atoms with Crippen molar-refractivity contribution in [3.63, 3.8) is 0 Å². The molecule has 3 aromatic heterocycles. The first kappa shape index (κ1) is 22.2. The Morgan fingerprint density at radius 2 is 1.91 bits per heavy atom. The van der Waals surface area contributed by atoms with E-state index in [-0.39, 0.29) is 11.9 Å². The van der Waals surface area contributed by atoms with Crippen molar-refractivity contribution >= 4 is 28.6 Å². The molecule has 0 atom stereocenters. The Morgan fingerprint density at radius 3 is 2.66 bits per heavy atom. The largest absolute Gasteiger partial charge is 0.456 e. The number of nitrogens with one attached hydrogen (secondary N) is 3. The number of nitriles is 1. The average molecular weight is 469 g/mol. The lowest BCUT2D eigenvalue weighted by atomic mass is 10.1. The van der Waals surface area contributed by atoms with Crippen LogP contribution in [0.25, 0.3) is 11.0 Å². The quantitative estimate of drug-likeness (QED) is 0.361. The van der Waals surface area contributed by atoms with Gasteiger partial charge in [0.05, 0.1) is 0 Å². The van der Waals surface area contributed by atoms with Gasteiger partial charge in [-0.15, -0.1) is 0 Å². The molecule has 0 bridgehead atoms. The SMILES string of the molecule is Cc1ccnc(NC(=O)c2ccc(Oc3ccnc4[nH]nc(NC5CCN(C#N)CC5)c34)cc2)c1. The molecule has 0 saturated carbocycles. The van der Waals surface area contributed by atoms with Gasteiger partial charge in [0.1, 0.15) is 22.7 Å². The monoisotopic (exact) mass is 468 g/mol. The van der Waals surface area contributed by atoms with Gasteiger partial charge in [-0.05, 0) is 61.7 Å². The van der Waals surface area contributed by atoms with E-state index >= 15 is 0 Å². The Bertz CT molecular complexity index is 1380. The van der Waals surface area contributed by atoms with Gasteiger partial charge >= 0.3 is 0 Å². The predicted molar refractivity (Wildman–Crippen MR) is 131 cm³/mol. The number of amides is 1. The van der Waals surface area contributed by atoms with Crippen molar-refractivity contribution in [3.8, 4) is 17.7 Å². The number of piperidine rings is 1. The van der Waals surface area contributed by atoms with Crippen molar-refractivity contribution in [3.05, 3.63) is 66.0 Å². The van der Waals surface area contributed by atoms with E-state index in [9.17, 15) is 4.79 Å². The van der Waals surface area contributed by atoms with Crippen molar-refractivity contribution in [2.24, 2.45) is 0 Å². The summed E-state index contributed by atoms with van der Waals surface area (Å²) in [6.45, 7) is 3.38. The standard InChI is InChI=1S/C25H24N8O2/c1-16-6-10-27-21(14-16)30-25(34)17-2-4-19(5-3-17)35-20-7-11-28-23-22(20)24(32-31-23)29-18-8-12-33(15-26)13-9-18/h2-7,10-11,14,18H,8-9,12-13H2,1H3,(H,27,30,34)(H2,28,29,31,32). The van der Waals surface area contributed by atoms with E-state index in [0.29, 0.717) is 34.3 Å². The number of rotatable bonds is 6. The maximum Gasteiger partial charge on any atom is 0.256 e. The maximum atomic E-state index is 12.6. The molecule has 1 aromatic carbocycles. The van der Waals surface area contributed by atoms with Crippen molar-refractivity contribution < 1.29 is 9.53 Å². The first-order valence-corrected chi connectivity index (χ1v) is 11.4. The van der Waals surface area contributed by atoms with Crippen LogP contribution in [0.4, 0.5) is 11.6 Å². The van der Waals surface area contributed by atoms with E-state index in [0.717, 1.165) is 36.9 Å². The first-order chi connectivity index (χ1) is 17.1. The molecular formula is C25H24N8O2. The number of fused-ring (bicyclic) bond motifs is 1. The van der Waals surface area contributed by atoms with Gasteiger partial charge in [-0.2, -0.15) is 10.4 Å². The molecule has 4 heterocycles. The Hall–Kier alpha value is -4.65. The minimum Gasteiger partial charge on any atom is -0.456 e. The fraction of sp³-hybridized carbons (Fsp3) is 0.240. The molecule has 10 heteroatoms. The summed E-state index contributed by atoms with van der Waals surface area (Å²) in [6, 6.07) is 12.6. The lowest BCUT2D eigenvalue weighted by Gasteiger charge is -2.28. The van der Waals surface area contributed by atoms with Gasteiger partial charge in [0.25, 0.3) is 5.91 Å². The molecule has 35 heavy (non-hydrogen) atoms. The Balaban J connectivity index is 1.30. The molecule has 0 spiro atoms. The summed E-state index contributed by atoms with van der Waals surface area (Å²) in [7, 11) is 0. The zero-order valence-corrected chi connectivity index (χ0v) is 19.2. The summed E-state index contributed by atoms with van der Waals surface area (Å²) in [5.74, 6) is 2.11. The number of anilines is 2. The number of ether oxygens (including phenoxy) is 1. The lowest BCUT2D eigenvalue weighted by molar-refractivity contribution is 0.102. The third kappa shape index (κ3) is 4.99. The van der Waals surface area contributed by atoms with Crippen LogP contribution in [0.3, 0.4) is 0 Å². The molecule has 10 nitrogen and oxygen atoms in total. The maximum absolute atomic E-state index is 12.6. The summed E-state index contributed by atoms with van der Waals surface area (Å²) in [4.78, 5) is 22.9. The second-order valence-electron chi connectivity index (χ2n) is 8.41. The van der Waals surface area contributed by atoms with E-state index in [2.05, 4.69) is 37.0 Å². The Morgan fingerprint density at radius 1 is 1.14 bits per heavy atom. The molecule has 0 unspecified atom stereocenters. The Kier molecular flexibility index (Phi) is 6.13. The van der Waals surface area contributed by atoms with Crippen LogP contribution in [0.2, 0.25) is 0 Å². The number of hydrogen-bond acceptors (Lipinski definition) is 8. The molecule has 1 amide bonds. The second kappa shape index (κ2) is 9.69. The van der Waals surface area contributed by atoms with E-state index in [4.69, 9.17) is 10.00 Å². The van der Waals surface area contributed by atoms with Gasteiger partial charge in [-0.3, -0.25) is 9.89 Å². The highest BCUT2D eigenvalue weighted by molar-refractivity contribution is 6.03. The number of nitrogens with zero attached hydrogens (tertiary/aromatic N) is 5. The summed E-state index contributed by atoms with van der Waals surface area (Å²) in [5.41, 5.74) is 2.12. The molecule has 5 rings (SSSR count). The van der Waals surface area contributed by atoms with Crippen molar-refractivity contribution in [2.75, 3.05) is 23.7 Å². The Labute approximate surface area is 202 Å². The number of carbonyl (C=O) groups is 1. The molecule has 0 radical (unpaired) electrons. The topological polar surface area (TPSA) is 132 Å². The number of pyridine rings is 2. The van der Waals surface area contributed by atoms with Crippen molar-refractivity contribution in [2.45, 2.75) is 25.8 Å². The molecule has 1 aliphatic heterocycles. The van der Waals surface area contributed by atoms with E-state index in [1.54, 1.807) is 47.6 Å². The third-order valence-electron chi connectivity index (χ3n) is 5.90. The van der Waals surface area contributed by atoms with Gasteiger partial charge < -0.3 is 20.3 Å². The number of carbonyl (C=O) groups excluding carboxylic acids is 1. The summed E-state index contributed by atoms with van der Waals surface area (Å²) < 4.78 is 6.15. The number of aromatic nitrogens is 4. The summed E-state index contributed by atoms with van der Waals surface area (Å²) in [5, 5.41) is 23.4. The van der Waals surface area contributed by atoms with E-state index in [1.807, 2.05) is 19.1 Å². The minimum absolute atomic E-state index is 0.208. The minimum atomic E-state index is -0.246.